The van der Waals surface area contributed by atoms with E-state index in [0.29, 0.717) is 19.3 Å². The number of carbonyl (C=O) groups excluding carboxylic acids is 3. The summed E-state index contributed by atoms with van der Waals surface area (Å²) in [5, 5.41) is 0. The van der Waals surface area contributed by atoms with E-state index in [9.17, 15) is 14.4 Å². The summed E-state index contributed by atoms with van der Waals surface area (Å²) in [7, 11) is 0. The van der Waals surface area contributed by atoms with Gasteiger partial charge in [-0.15, -0.1) is 0 Å². The van der Waals surface area contributed by atoms with Gasteiger partial charge in [0.05, 0.1) is 0 Å². The summed E-state index contributed by atoms with van der Waals surface area (Å²) >= 11 is 0. The third-order valence-electron chi connectivity index (χ3n) is 11.4. The first kappa shape index (κ1) is 54.4. The van der Waals surface area contributed by atoms with Crippen LogP contribution in [0, 0.1) is 0 Å². The van der Waals surface area contributed by atoms with E-state index < -0.39 is 6.10 Å². The van der Waals surface area contributed by atoms with Gasteiger partial charge in [-0.2, -0.15) is 0 Å². The molecule has 0 aliphatic rings. The van der Waals surface area contributed by atoms with E-state index in [1.54, 1.807) is 0 Å². The molecule has 0 rings (SSSR count). The molecule has 332 valence electrons. The molecule has 0 fully saturated rings. The van der Waals surface area contributed by atoms with Crippen molar-refractivity contribution in [2.45, 2.75) is 290 Å². The van der Waals surface area contributed by atoms with E-state index in [1.807, 2.05) is 0 Å². The minimum absolute atomic E-state index is 0.0633. The van der Waals surface area contributed by atoms with Crippen LogP contribution in [-0.2, 0) is 28.6 Å². The van der Waals surface area contributed by atoms with Crippen LogP contribution in [0.2, 0.25) is 0 Å². The molecule has 0 amide bonds. The lowest BCUT2D eigenvalue weighted by molar-refractivity contribution is -0.167. The molecule has 0 saturated heterocycles. The Morgan fingerprint density at radius 2 is 0.482 bits per heavy atom. The molecule has 0 aromatic rings. The maximum Gasteiger partial charge on any atom is 0.306 e. The fourth-order valence-corrected chi connectivity index (χ4v) is 7.56. The van der Waals surface area contributed by atoms with Crippen LogP contribution in [0.4, 0.5) is 0 Å². The number of esters is 3. The quantitative estimate of drug-likeness (QED) is 0.0347. The Bertz CT molecular complexity index is 828. The Labute approximate surface area is 348 Å². The SMILES string of the molecule is CCCCCCCCCCCCCCCCCCCCCC(=O)O[C@H](COC(=O)CCCCCCC)COC(=O)CCCCCCCCCCCCCCCC. The zero-order valence-electron chi connectivity index (χ0n) is 37.9. The molecule has 0 bridgehead atoms. The maximum absolute atomic E-state index is 12.7. The lowest BCUT2D eigenvalue weighted by Gasteiger charge is -2.18. The van der Waals surface area contributed by atoms with E-state index in [-0.39, 0.29) is 31.1 Å². The van der Waals surface area contributed by atoms with Crippen molar-refractivity contribution in [1.82, 2.24) is 0 Å². The summed E-state index contributed by atoms with van der Waals surface area (Å²) in [6, 6.07) is 0. The summed E-state index contributed by atoms with van der Waals surface area (Å²) < 4.78 is 16.7. The predicted molar refractivity (Wildman–Crippen MR) is 238 cm³/mol. The Hall–Kier alpha value is -1.59. The predicted octanol–water partition coefficient (Wildman–Crippen LogP) is 16.0. The van der Waals surface area contributed by atoms with Crippen LogP contribution in [0.3, 0.4) is 0 Å². The first-order chi connectivity index (χ1) is 27.5. The lowest BCUT2D eigenvalue weighted by atomic mass is 10.0. The van der Waals surface area contributed by atoms with Crippen molar-refractivity contribution in [3.05, 3.63) is 0 Å². The number of rotatable bonds is 46. The van der Waals surface area contributed by atoms with Gasteiger partial charge in [-0.25, -0.2) is 0 Å². The highest BCUT2D eigenvalue weighted by Gasteiger charge is 2.19. The number of ether oxygens (including phenoxy) is 3. The number of hydrogen-bond acceptors (Lipinski definition) is 6. The number of hydrogen-bond donors (Lipinski definition) is 0. The van der Waals surface area contributed by atoms with E-state index in [1.165, 1.54) is 180 Å². The molecule has 0 saturated carbocycles. The highest BCUT2D eigenvalue weighted by molar-refractivity contribution is 5.71. The highest BCUT2D eigenvalue weighted by Crippen LogP contribution is 2.17. The summed E-state index contributed by atoms with van der Waals surface area (Å²) in [5.74, 6) is -0.860. The van der Waals surface area contributed by atoms with Gasteiger partial charge in [0.1, 0.15) is 13.2 Å². The zero-order chi connectivity index (χ0) is 40.8. The lowest BCUT2D eigenvalue weighted by Crippen LogP contribution is -2.30. The van der Waals surface area contributed by atoms with Crippen LogP contribution >= 0.6 is 0 Å². The van der Waals surface area contributed by atoms with Crippen LogP contribution in [0.5, 0.6) is 0 Å². The second-order valence-electron chi connectivity index (χ2n) is 17.1. The molecule has 0 aliphatic carbocycles. The van der Waals surface area contributed by atoms with Gasteiger partial charge < -0.3 is 14.2 Å². The smallest absolute Gasteiger partial charge is 0.306 e. The molecule has 0 heterocycles. The first-order valence-electron chi connectivity index (χ1n) is 25.0. The number of carbonyl (C=O) groups is 3. The topological polar surface area (TPSA) is 78.9 Å². The van der Waals surface area contributed by atoms with Gasteiger partial charge in [-0.1, -0.05) is 245 Å². The van der Waals surface area contributed by atoms with Gasteiger partial charge in [0.25, 0.3) is 0 Å². The molecule has 0 N–H and O–H groups in total. The van der Waals surface area contributed by atoms with Crippen molar-refractivity contribution >= 4 is 17.9 Å². The van der Waals surface area contributed by atoms with E-state index in [0.717, 1.165) is 64.2 Å². The molecule has 6 nitrogen and oxygen atoms in total. The van der Waals surface area contributed by atoms with Crippen LogP contribution in [-0.4, -0.2) is 37.2 Å². The highest BCUT2D eigenvalue weighted by atomic mass is 16.6. The van der Waals surface area contributed by atoms with Gasteiger partial charge in [0, 0.05) is 19.3 Å². The van der Waals surface area contributed by atoms with Gasteiger partial charge in [0.15, 0.2) is 6.10 Å². The van der Waals surface area contributed by atoms with Crippen LogP contribution in [0.1, 0.15) is 284 Å². The fraction of sp³-hybridized carbons (Fsp3) is 0.940. The fourth-order valence-electron chi connectivity index (χ4n) is 7.56. The van der Waals surface area contributed by atoms with Crippen LogP contribution < -0.4 is 0 Å². The molecule has 0 spiro atoms. The van der Waals surface area contributed by atoms with E-state index in [2.05, 4.69) is 20.8 Å². The molecule has 6 heteroatoms. The molecular formula is C50H96O6. The molecule has 0 aliphatic heterocycles. The molecule has 0 aromatic carbocycles. The first-order valence-corrected chi connectivity index (χ1v) is 25.0. The minimum Gasteiger partial charge on any atom is -0.462 e. The second kappa shape index (κ2) is 46.1. The average molecular weight is 793 g/mol. The van der Waals surface area contributed by atoms with Crippen molar-refractivity contribution in [2.24, 2.45) is 0 Å². The molecule has 0 radical (unpaired) electrons. The maximum atomic E-state index is 12.7. The Morgan fingerprint density at radius 1 is 0.286 bits per heavy atom. The summed E-state index contributed by atoms with van der Waals surface area (Å²) in [6.07, 6.45) is 48.4. The molecule has 1 atom stereocenters. The average Bonchev–Trinajstić information content (AvgIpc) is 3.19. The monoisotopic (exact) mass is 793 g/mol. The van der Waals surface area contributed by atoms with Gasteiger partial charge in [0.2, 0.25) is 0 Å². The summed E-state index contributed by atoms with van der Waals surface area (Å²) in [6.45, 7) is 6.60. The van der Waals surface area contributed by atoms with Crippen molar-refractivity contribution in [2.75, 3.05) is 13.2 Å². The van der Waals surface area contributed by atoms with Crippen molar-refractivity contribution in [3.63, 3.8) is 0 Å². The largest absolute Gasteiger partial charge is 0.462 e. The molecule has 0 unspecified atom stereocenters. The van der Waals surface area contributed by atoms with Crippen molar-refractivity contribution in [1.29, 1.82) is 0 Å². The number of unbranched alkanes of at least 4 members (excludes halogenated alkanes) is 35. The standard InChI is InChI=1S/C50H96O6/c1-4-7-10-13-15-17-19-21-23-24-25-26-27-29-31-33-35-38-41-44-50(53)56-47(45-54-48(51)42-39-36-12-9-6-3)46-55-49(52)43-40-37-34-32-30-28-22-20-18-16-14-11-8-5-2/h47H,4-46H2,1-3H3/t47-/m1/s1. The normalized spacial score (nSPS) is 11.8. The zero-order valence-corrected chi connectivity index (χ0v) is 37.9. The van der Waals surface area contributed by atoms with Crippen LogP contribution in [0.15, 0.2) is 0 Å². The Morgan fingerprint density at radius 3 is 0.714 bits per heavy atom. The Balaban J connectivity index is 4.10. The second-order valence-corrected chi connectivity index (χ2v) is 17.1. The van der Waals surface area contributed by atoms with Gasteiger partial charge in [-0.05, 0) is 19.3 Å². The molecule has 0 aromatic heterocycles. The van der Waals surface area contributed by atoms with Crippen molar-refractivity contribution in [3.8, 4) is 0 Å². The molecular weight excluding hydrogens is 697 g/mol. The van der Waals surface area contributed by atoms with Gasteiger partial charge in [-0.3, -0.25) is 14.4 Å². The van der Waals surface area contributed by atoms with Crippen molar-refractivity contribution < 1.29 is 28.6 Å². The van der Waals surface area contributed by atoms with Crippen LogP contribution in [0.25, 0.3) is 0 Å². The third-order valence-corrected chi connectivity index (χ3v) is 11.4. The third kappa shape index (κ3) is 43.5. The summed E-state index contributed by atoms with van der Waals surface area (Å²) in [4.78, 5) is 37.6. The Kier molecular flexibility index (Phi) is 44.8. The summed E-state index contributed by atoms with van der Waals surface area (Å²) in [5.41, 5.74) is 0. The molecule has 56 heavy (non-hydrogen) atoms. The van der Waals surface area contributed by atoms with E-state index >= 15 is 0 Å². The van der Waals surface area contributed by atoms with E-state index in [4.69, 9.17) is 14.2 Å². The minimum atomic E-state index is -0.757. The van der Waals surface area contributed by atoms with Gasteiger partial charge >= 0.3 is 17.9 Å².